The Morgan fingerprint density at radius 1 is 0.709 bits per heavy atom. The lowest BCUT2D eigenvalue weighted by Crippen LogP contribution is -2.25. The number of phenolic OH excluding ortho intramolecular Hbond substituents is 2. The predicted molar refractivity (Wildman–Crippen MR) is 204 cm³/mol. The van der Waals surface area contributed by atoms with Crippen molar-refractivity contribution in [2.45, 2.75) is 32.1 Å². The molecule has 0 saturated carbocycles. The minimum atomic E-state index is -0.268. The van der Waals surface area contributed by atoms with Gasteiger partial charge in [0.05, 0.1) is 23.3 Å². The molecule has 0 saturated heterocycles. The zero-order valence-electron chi connectivity index (χ0n) is 29.1. The maximum absolute atomic E-state index is 13.9. The number of nitrogens with zero attached hydrogens (tertiary/aromatic N) is 7. The van der Waals surface area contributed by atoms with E-state index in [0.717, 1.165) is 36.1 Å². The molecule has 3 aromatic carbocycles. The molecule has 0 fully saturated rings. The molecule has 0 atom stereocenters. The van der Waals surface area contributed by atoms with E-state index in [2.05, 4.69) is 25.3 Å². The van der Waals surface area contributed by atoms with E-state index in [1.807, 2.05) is 12.3 Å². The fraction of sp³-hybridized carbons (Fsp3) is 0.150. The van der Waals surface area contributed by atoms with Gasteiger partial charge in [-0.2, -0.15) is 0 Å². The van der Waals surface area contributed by atoms with Gasteiger partial charge in [0.15, 0.2) is 23.3 Å². The highest BCUT2D eigenvalue weighted by atomic mass is 16.3. The van der Waals surface area contributed by atoms with Crippen LogP contribution in [-0.2, 0) is 19.3 Å². The van der Waals surface area contributed by atoms with Crippen molar-refractivity contribution in [2.24, 2.45) is 0 Å². The van der Waals surface area contributed by atoms with Crippen LogP contribution in [0.2, 0.25) is 0 Å². The third-order valence-electron chi connectivity index (χ3n) is 10.1. The second-order valence-electron chi connectivity index (χ2n) is 13.6. The molecular weight excluding hydrogens is 699 g/mol. The number of fused-ring (bicyclic) bond motifs is 20. The number of allylic oxidation sites excluding steroid dienone is 2. The molecule has 15 nitrogen and oxygen atoms in total. The van der Waals surface area contributed by atoms with E-state index in [4.69, 9.17) is 29.9 Å². The van der Waals surface area contributed by atoms with E-state index in [1.165, 1.54) is 0 Å². The molecule has 1 amide bonds. The highest BCUT2D eigenvalue weighted by Gasteiger charge is 2.28. The van der Waals surface area contributed by atoms with Crippen molar-refractivity contribution in [1.29, 1.82) is 0 Å². The number of aryl methyl sites for hydroxylation is 1. The topological polar surface area (TPSA) is 227 Å². The Hall–Kier alpha value is -7.42. The molecule has 8 bridgehead atoms. The number of hydrogen-bond acceptors (Lipinski definition) is 11. The van der Waals surface area contributed by atoms with Crippen molar-refractivity contribution < 1.29 is 20.1 Å². The molecule has 15 heteroatoms. The maximum atomic E-state index is 13.9. The summed E-state index contributed by atoms with van der Waals surface area (Å²) in [6.45, 7) is 0.470. The first-order valence-electron chi connectivity index (χ1n) is 17.8. The molecule has 6 heterocycles. The molecule has 1 aliphatic carbocycles. The fourth-order valence-corrected chi connectivity index (χ4v) is 7.42. The molecule has 270 valence electrons. The van der Waals surface area contributed by atoms with Gasteiger partial charge < -0.3 is 35.6 Å². The van der Waals surface area contributed by atoms with E-state index in [-0.39, 0.29) is 41.2 Å². The third-order valence-corrected chi connectivity index (χ3v) is 10.1. The summed E-state index contributed by atoms with van der Waals surface area (Å²) in [5.74, 6) is 1.25. The molecule has 0 unspecified atom stereocenters. The summed E-state index contributed by atoms with van der Waals surface area (Å²) >= 11 is 0. The lowest BCUT2D eigenvalue weighted by Gasteiger charge is -2.09. The number of hydrogen-bond donors (Lipinski definition) is 7. The lowest BCUT2D eigenvalue weighted by atomic mass is 9.99. The smallest absolute Gasteiger partial charge is 0.252 e. The van der Waals surface area contributed by atoms with Crippen LogP contribution in [0.3, 0.4) is 0 Å². The quantitative estimate of drug-likeness (QED) is 0.0961. The first-order valence-corrected chi connectivity index (χ1v) is 17.8. The van der Waals surface area contributed by atoms with E-state index in [0.29, 0.717) is 85.8 Å². The second-order valence-corrected chi connectivity index (χ2v) is 13.6. The number of H-pyrrole nitrogens is 3. The van der Waals surface area contributed by atoms with E-state index in [9.17, 15) is 20.1 Å². The number of phenols is 2. The molecule has 7 aromatic rings. The van der Waals surface area contributed by atoms with Gasteiger partial charge in [0.2, 0.25) is 0 Å². The number of aromatic hydroxyl groups is 2. The normalized spacial score (nSPS) is 12.9. The van der Waals surface area contributed by atoms with Gasteiger partial charge in [-0.25, -0.2) is 34.9 Å². The summed E-state index contributed by atoms with van der Waals surface area (Å²) in [7, 11) is 0. The Bertz CT molecular complexity index is 2930. The van der Waals surface area contributed by atoms with Crippen molar-refractivity contribution in [3.05, 3.63) is 101 Å². The average molecular weight is 730 g/mol. The highest BCUT2D eigenvalue weighted by molar-refractivity contribution is 6.07. The van der Waals surface area contributed by atoms with E-state index in [1.54, 1.807) is 60.9 Å². The molecule has 4 aromatic heterocycles. The van der Waals surface area contributed by atoms with Gasteiger partial charge >= 0.3 is 0 Å². The highest BCUT2D eigenvalue weighted by Crippen LogP contribution is 2.39. The number of unbranched alkanes of at least 4 members (excludes halogenated alkanes) is 1. The number of rotatable bonds is 6. The second kappa shape index (κ2) is 12.6. The van der Waals surface area contributed by atoms with Crippen molar-refractivity contribution in [1.82, 2.24) is 55.2 Å². The van der Waals surface area contributed by atoms with Crippen LogP contribution in [0, 0.1) is 0 Å². The molecule has 0 spiro atoms. The molecule has 7 N–H and O–H groups in total. The summed E-state index contributed by atoms with van der Waals surface area (Å²) in [6, 6.07) is 15.2. The summed E-state index contributed by atoms with van der Waals surface area (Å²) < 4.78 is 0. The Morgan fingerprint density at radius 2 is 1.44 bits per heavy atom. The van der Waals surface area contributed by atoms with E-state index >= 15 is 0 Å². The molecule has 10 rings (SSSR count). The third kappa shape index (κ3) is 5.60. The Balaban J connectivity index is 1.20. The largest absolute Gasteiger partial charge is 0.512 e. The van der Waals surface area contributed by atoms with Gasteiger partial charge in [0, 0.05) is 63.3 Å². The fourth-order valence-electron chi connectivity index (χ4n) is 7.42. The van der Waals surface area contributed by atoms with Gasteiger partial charge in [0.25, 0.3) is 5.91 Å². The first-order chi connectivity index (χ1) is 26.9. The number of amides is 1. The first kappa shape index (κ1) is 32.2. The molecular formula is C40H31N11O4. The molecule has 2 aliphatic heterocycles. The Kier molecular flexibility index (Phi) is 7.40. The summed E-state index contributed by atoms with van der Waals surface area (Å²) in [5, 5.41) is 35.9. The van der Waals surface area contributed by atoms with Crippen LogP contribution in [0.5, 0.6) is 11.5 Å². The summed E-state index contributed by atoms with van der Waals surface area (Å²) in [6.07, 6.45) is 8.35. The average Bonchev–Trinajstić information content (AvgIpc) is 4.01. The predicted octanol–water partition coefficient (Wildman–Crippen LogP) is 6.14. The number of aromatic nitrogens is 10. The number of aromatic amines is 3. The summed E-state index contributed by atoms with van der Waals surface area (Å²) in [4.78, 5) is 57.5. The summed E-state index contributed by atoms with van der Waals surface area (Å²) in [5.41, 5.74) is 7.05. The maximum Gasteiger partial charge on any atom is 0.252 e. The molecule has 3 aliphatic rings. The Morgan fingerprint density at radius 3 is 2.31 bits per heavy atom. The van der Waals surface area contributed by atoms with Crippen LogP contribution >= 0.6 is 0 Å². The van der Waals surface area contributed by atoms with Crippen LogP contribution in [0.15, 0.2) is 79.0 Å². The van der Waals surface area contributed by atoms with Crippen molar-refractivity contribution in [2.75, 3.05) is 6.54 Å². The molecule has 0 radical (unpaired) electrons. The zero-order chi connectivity index (χ0) is 37.2. The number of carbonyl (C=O) groups excluding carboxylic acids is 1. The van der Waals surface area contributed by atoms with Crippen LogP contribution in [-0.4, -0.2) is 77.6 Å². The van der Waals surface area contributed by atoms with Crippen LogP contribution in [0.1, 0.15) is 40.0 Å². The van der Waals surface area contributed by atoms with E-state index < -0.39 is 0 Å². The number of carbonyl (C=O) groups is 1. The monoisotopic (exact) mass is 729 g/mol. The van der Waals surface area contributed by atoms with Crippen LogP contribution < -0.4 is 5.32 Å². The van der Waals surface area contributed by atoms with Crippen molar-refractivity contribution >= 4 is 39.3 Å². The number of imidazole rings is 1. The number of aliphatic hydroxyl groups excluding tert-OH is 1. The minimum absolute atomic E-state index is 0.0275. The standard InChI is InChI=1S/C40H31N11O4/c52-20-7-10-23-28(14-20)36-45-32(23)44-35-26-5-3-6-27(40(55)42-13-2-1-4-19-17-41-18-43-19)31(26)39(51-35)50-34-25-12-9-22(54)16-30(25)38(48-34)49-37-29-15-21(53)8-11-24(29)33(46-36)47-37/h3,5-9,11-12,15-18,52-54H,1-2,4,10,13-14H2,(H,41,43)(H,42,55)(H2,44,45,46,47,48,49,50,51). The van der Waals surface area contributed by atoms with Gasteiger partial charge in [0.1, 0.15) is 34.1 Å². The number of aliphatic hydroxyl groups is 1. The Labute approximate surface area is 311 Å². The van der Waals surface area contributed by atoms with Crippen LogP contribution in [0.25, 0.3) is 78.9 Å². The number of benzene rings is 3. The SMILES string of the molecule is O=C(NCCCCc1c[nH]cn1)c1cccc2c1-c1nc-2nc2[nH]c(nc3nc(nc4[nH]c(n1)c1ccc(O)cc41)-c1cc(O)ccc1-3)c1c2CC=C(O)C1. The van der Waals surface area contributed by atoms with Gasteiger partial charge in [-0.15, -0.1) is 0 Å². The minimum Gasteiger partial charge on any atom is -0.512 e. The zero-order valence-corrected chi connectivity index (χ0v) is 29.1. The molecule has 55 heavy (non-hydrogen) atoms. The van der Waals surface area contributed by atoms with Crippen molar-refractivity contribution in [3.8, 4) is 57.1 Å². The van der Waals surface area contributed by atoms with Gasteiger partial charge in [-0.05, 0) is 74.2 Å². The van der Waals surface area contributed by atoms with Gasteiger partial charge in [-0.1, -0.05) is 12.1 Å². The number of nitrogens with one attached hydrogen (secondary N) is 4. The van der Waals surface area contributed by atoms with Gasteiger partial charge in [-0.3, -0.25) is 4.79 Å². The van der Waals surface area contributed by atoms with Crippen LogP contribution in [0.4, 0.5) is 0 Å². The van der Waals surface area contributed by atoms with Crippen molar-refractivity contribution in [3.63, 3.8) is 0 Å². The lowest BCUT2D eigenvalue weighted by molar-refractivity contribution is 0.0953.